The third-order valence-corrected chi connectivity index (χ3v) is 3.50. The van der Waals surface area contributed by atoms with Crippen LogP contribution in [0.15, 0.2) is 18.2 Å². The van der Waals surface area contributed by atoms with E-state index in [4.69, 9.17) is 10.5 Å². The van der Waals surface area contributed by atoms with Crippen molar-refractivity contribution in [1.29, 1.82) is 0 Å². The molecule has 0 bridgehead atoms. The van der Waals surface area contributed by atoms with Gasteiger partial charge in [0.2, 0.25) is 11.8 Å². The van der Waals surface area contributed by atoms with Crippen molar-refractivity contribution in [3.8, 4) is 5.75 Å². The van der Waals surface area contributed by atoms with Crippen molar-refractivity contribution in [3.05, 3.63) is 18.2 Å². The molecular formula is C14H20N4O3. The quantitative estimate of drug-likeness (QED) is 0.681. The maximum atomic E-state index is 12.1. The number of anilines is 2. The van der Waals surface area contributed by atoms with E-state index in [-0.39, 0.29) is 24.4 Å². The maximum Gasteiger partial charge on any atom is 0.238 e. The number of nitrogen functional groups attached to an aromatic ring is 1. The Hall–Kier alpha value is -2.28. The van der Waals surface area contributed by atoms with Crippen LogP contribution in [0.1, 0.15) is 6.92 Å². The number of carbonyl (C=O) groups is 2. The summed E-state index contributed by atoms with van der Waals surface area (Å²) in [6.45, 7) is 3.14. The Kier molecular flexibility index (Phi) is 4.64. The average molecular weight is 292 g/mol. The Morgan fingerprint density at radius 2 is 2.33 bits per heavy atom. The third kappa shape index (κ3) is 3.63. The summed E-state index contributed by atoms with van der Waals surface area (Å²) < 4.78 is 5.06. The van der Waals surface area contributed by atoms with Crippen LogP contribution < -0.4 is 21.1 Å². The van der Waals surface area contributed by atoms with E-state index in [1.165, 1.54) is 0 Å². The van der Waals surface area contributed by atoms with Gasteiger partial charge >= 0.3 is 0 Å². The van der Waals surface area contributed by atoms with Gasteiger partial charge in [-0.15, -0.1) is 0 Å². The van der Waals surface area contributed by atoms with Crippen LogP contribution in [0.3, 0.4) is 0 Å². The SMILES string of the molecule is COc1ccc(NC(=O)CN2CCNC(=O)C2C)c(N)c1. The largest absolute Gasteiger partial charge is 0.497 e. The predicted molar refractivity (Wildman–Crippen MR) is 80.1 cm³/mol. The first-order valence-corrected chi connectivity index (χ1v) is 6.76. The molecule has 0 radical (unpaired) electrons. The monoisotopic (exact) mass is 292 g/mol. The molecule has 1 aliphatic heterocycles. The molecule has 1 atom stereocenters. The Balaban J connectivity index is 1.97. The molecule has 7 heteroatoms. The van der Waals surface area contributed by atoms with Crippen LogP contribution >= 0.6 is 0 Å². The number of carbonyl (C=O) groups excluding carboxylic acids is 2. The molecule has 0 aliphatic carbocycles. The van der Waals surface area contributed by atoms with Gasteiger partial charge in [0.25, 0.3) is 0 Å². The zero-order chi connectivity index (χ0) is 15.4. The summed E-state index contributed by atoms with van der Waals surface area (Å²) >= 11 is 0. The second kappa shape index (κ2) is 6.45. The fraction of sp³-hybridized carbons (Fsp3) is 0.429. The number of ether oxygens (including phenoxy) is 1. The lowest BCUT2D eigenvalue weighted by Crippen LogP contribution is -2.55. The number of benzene rings is 1. The van der Waals surface area contributed by atoms with Crippen molar-refractivity contribution >= 4 is 23.2 Å². The molecule has 2 rings (SSSR count). The molecular weight excluding hydrogens is 272 g/mol. The van der Waals surface area contributed by atoms with E-state index in [0.717, 1.165) is 0 Å². The van der Waals surface area contributed by atoms with Crippen LogP contribution in [-0.2, 0) is 9.59 Å². The number of amides is 2. The van der Waals surface area contributed by atoms with Gasteiger partial charge in [-0.25, -0.2) is 0 Å². The standard InChI is InChI=1S/C14H20N4O3/c1-9-14(20)16-5-6-18(9)8-13(19)17-12-4-3-10(21-2)7-11(12)15/h3-4,7,9H,5-6,8,15H2,1-2H3,(H,16,20)(H,17,19). The van der Waals surface area contributed by atoms with E-state index in [9.17, 15) is 9.59 Å². The summed E-state index contributed by atoms with van der Waals surface area (Å²) in [5.41, 5.74) is 6.83. The summed E-state index contributed by atoms with van der Waals surface area (Å²) in [7, 11) is 1.55. The molecule has 0 spiro atoms. The molecule has 1 aromatic carbocycles. The van der Waals surface area contributed by atoms with Gasteiger partial charge < -0.3 is 21.1 Å². The zero-order valence-corrected chi connectivity index (χ0v) is 12.2. The van der Waals surface area contributed by atoms with Gasteiger partial charge in [0.1, 0.15) is 5.75 Å². The molecule has 2 amide bonds. The lowest BCUT2D eigenvalue weighted by Gasteiger charge is -2.32. The first-order chi connectivity index (χ1) is 10.0. The lowest BCUT2D eigenvalue weighted by molar-refractivity contribution is -0.129. The number of rotatable bonds is 4. The highest BCUT2D eigenvalue weighted by atomic mass is 16.5. The highest BCUT2D eigenvalue weighted by Gasteiger charge is 2.26. The van der Waals surface area contributed by atoms with Crippen molar-refractivity contribution in [3.63, 3.8) is 0 Å². The Morgan fingerprint density at radius 3 is 3.00 bits per heavy atom. The second-order valence-corrected chi connectivity index (χ2v) is 4.94. The van der Waals surface area contributed by atoms with Crippen molar-refractivity contribution in [2.75, 3.05) is 37.8 Å². The van der Waals surface area contributed by atoms with E-state index < -0.39 is 0 Å². The smallest absolute Gasteiger partial charge is 0.238 e. The summed E-state index contributed by atoms with van der Waals surface area (Å²) in [6.07, 6.45) is 0. The van der Waals surface area contributed by atoms with Gasteiger partial charge in [-0.2, -0.15) is 0 Å². The molecule has 0 aromatic heterocycles. The van der Waals surface area contributed by atoms with E-state index in [0.29, 0.717) is 30.2 Å². The Morgan fingerprint density at radius 1 is 1.57 bits per heavy atom. The molecule has 1 aliphatic rings. The van der Waals surface area contributed by atoms with Crippen molar-refractivity contribution in [1.82, 2.24) is 10.2 Å². The van der Waals surface area contributed by atoms with Gasteiger partial charge in [0.15, 0.2) is 0 Å². The first kappa shape index (κ1) is 15.1. The molecule has 1 unspecified atom stereocenters. The van der Waals surface area contributed by atoms with Gasteiger partial charge in [0.05, 0.1) is 31.1 Å². The molecule has 1 fully saturated rings. The third-order valence-electron chi connectivity index (χ3n) is 3.50. The molecule has 1 aromatic rings. The van der Waals surface area contributed by atoms with Gasteiger partial charge in [0, 0.05) is 19.2 Å². The van der Waals surface area contributed by atoms with E-state index in [1.807, 2.05) is 4.90 Å². The summed E-state index contributed by atoms with van der Waals surface area (Å²) in [5, 5.41) is 5.51. The number of hydrogen-bond acceptors (Lipinski definition) is 5. The Labute approximate surface area is 123 Å². The fourth-order valence-electron chi connectivity index (χ4n) is 2.20. The van der Waals surface area contributed by atoms with Crippen molar-refractivity contribution in [2.24, 2.45) is 0 Å². The van der Waals surface area contributed by atoms with E-state index in [2.05, 4.69) is 10.6 Å². The number of nitrogens with two attached hydrogens (primary N) is 1. The molecule has 4 N–H and O–H groups in total. The van der Waals surface area contributed by atoms with Crippen LogP contribution in [0.4, 0.5) is 11.4 Å². The molecule has 114 valence electrons. The normalized spacial score (nSPS) is 19.0. The van der Waals surface area contributed by atoms with E-state index in [1.54, 1.807) is 32.2 Å². The average Bonchev–Trinajstić information content (AvgIpc) is 2.46. The van der Waals surface area contributed by atoms with Crippen LogP contribution in [-0.4, -0.2) is 49.5 Å². The molecule has 0 saturated carbocycles. The van der Waals surface area contributed by atoms with Crippen molar-refractivity contribution in [2.45, 2.75) is 13.0 Å². The number of nitrogens with one attached hydrogen (secondary N) is 2. The fourth-order valence-corrected chi connectivity index (χ4v) is 2.20. The minimum atomic E-state index is -0.308. The lowest BCUT2D eigenvalue weighted by atomic mass is 10.2. The van der Waals surface area contributed by atoms with Crippen molar-refractivity contribution < 1.29 is 14.3 Å². The maximum absolute atomic E-state index is 12.1. The Bertz CT molecular complexity index is 547. The number of methoxy groups -OCH3 is 1. The van der Waals surface area contributed by atoms with Gasteiger partial charge in [-0.3, -0.25) is 14.5 Å². The number of nitrogens with zero attached hydrogens (tertiary/aromatic N) is 1. The minimum Gasteiger partial charge on any atom is -0.497 e. The van der Waals surface area contributed by atoms with Crippen LogP contribution in [0.2, 0.25) is 0 Å². The minimum absolute atomic E-state index is 0.0574. The topological polar surface area (TPSA) is 96.7 Å². The van der Waals surface area contributed by atoms with Crippen LogP contribution in [0, 0.1) is 0 Å². The number of hydrogen-bond donors (Lipinski definition) is 3. The second-order valence-electron chi connectivity index (χ2n) is 4.94. The molecule has 21 heavy (non-hydrogen) atoms. The number of piperazine rings is 1. The molecule has 7 nitrogen and oxygen atoms in total. The van der Waals surface area contributed by atoms with Gasteiger partial charge in [-0.1, -0.05) is 0 Å². The highest BCUT2D eigenvalue weighted by molar-refractivity contribution is 5.95. The summed E-state index contributed by atoms with van der Waals surface area (Å²) in [4.78, 5) is 25.4. The zero-order valence-electron chi connectivity index (χ0n) is 12.2. The van der Waals surface area contributed by atoms with E-state index >= 15 is 0 Å². The highest BCUT2D eigenvalue weighted by Crippen LogP contribution is 2.24. The van der Waals surface area contributed by atoms with Gasteiger partial charge in [-0.05, 0) is 19.1 Å². The van der Waals surface area contributed by atoms with Crippen LogP contribution in [0.5, 0.6) is 5.75 Å². The summed E-state index contributed by atoms with van der Waals surface area (Å²) in [6, 6.07) is 4.76. The predicted octanol–water partition coefficient (Wildman–Crippen LogP) is 0.0362. The summed E-state index contributed by atoms with van der Waals surface area (Å²) in [5.74, 6) is 0.373. The van der Waals surface area contributed by atoms with Crippen LogP contribution in [0.25, 0.3) is 0 Å². The molecule has 1 heterocycles. The molecule has 1 saturated heterocycles. The first-order valence-electron chi connectivity index (χ1n) is 6.76.